The van der Waals surface area contributed by atoms with Gasteiger partial charge < -0.3 is 10.8 Å². The van der Waals surface area contributed by atoms with E-state index in [0.29, 0.717) is 0 Å². The predicted octanol–water partition coefficient (Wildman–Crippen LogP) is -0.165. The van der Waals surface area contributed by atoms with Crippen LogP contribution < -0.4 is 10.8 Å². The number of carbonyl (C=O) groups excluding carboxylic acids is 1. The molecule has 0 saturated carbocycles. The Bertz CT molecular complexity index is 459. The summed E-state index contributed by atoms with van der Waals surface area (Å²) in [4.78, 5) is 14.9. The second kappa shape index (κ2) is 3.09. The van der Waals surface area contributed by atoms with Crippen molar-refractivity contribution in [2.24, 2.45) is 10.2 Å². The van der Waals surface area contributed by atoms with Gasteiger partial charge in [-0.15, -0.1) is 5.11 Å². The van der Waals surface area contributed by atoms with E-state index in [9.17, 15) is 9.90 Å². The molecule has 78 valence electrons. The van der Waals surface area contributed by atoms with Gasteiger partial charge in [0.15, 0.2) is 5.91 Å². The Morgan fingerprint density at radius 3 is 2.93 bits per heavy atom. The first-order valence-corrected chi connectivity index (χ1v) is 3.97. The molecule has 1 unspecified atom stereocenters. The Morgan fingerprint density at radius 2 is 2.27 bits per heavy atom. The molecule has 0 saturated heterocycles. The molecule has 0 spiro atoms. The highest BCUT2D eigenvalue weighted by atomic mass is 17.1. The standard InChI is InChI=1S/C8H6N3O4/c9-5-3-1-2-4-6(5)8(13,15-14)11-10-7(4)12/h1-3,14H,9H2/q-1. The van der Waals surface area contributed by atoms with E-state index in [1.807, 2.05) is 0 Å². The van der Waals surface area contributed by atoms with E-state index in [1.54, 1.807) is 0 Å². The van der Waals surface area contributed by atoms with Gasteiger partial charge in [-0.1, -0.05) is 6.07 Å². The first-order chi connectivity index (χ1) is 7.08. The quantitative estimate of drug-likeness (QED) is 0.287. The lowest BCUT2D eigenvalue weighted by Crippen LogP contribution is -2.44. The fourth-order valence-electron chi connectivity index (χ4n) is 1.38. The summed E-state index contributed by atoms with van der Waals surface area (Å²) in [6.07, 6.45) is 0. The van der Waals surface area contributed by atoms with Gasteiger partial charge in [0.2, 0.25) is 0 Å². The number of benzene rings is 1. The van der Waals surface area contributed by atoms with Crippen LogP contribution >= 0.6 is 0 Å². The molecule has 0 radical (unpaired) electrons. The largest absolute Gasteiger partial charge is 0.803 e. The molecule has 1 aromatic rings. The molecule has 3 N–H and O–H groups in total. The van der Waals surface area contributed by atoms with E-state index in [2.05, 4.69) is 15.1 Å². The third kappa shape index (κ3) is 1.30. The number of fused-ring (bicyclic) bond motifs is 1. The van der Waals surface area contributed by atoms with E-state index in [-0.39, 0.29) is 16.8 Å². The molecule has 7 nitrogen and oxygen atoms in total. The van der Waals surface area contributed by atoms with Gasteiger partial charge in [-0.05, 0) is 12.1 Å². The summed E-state index contributed by atoms with van der Waals surface area (Å²) in [5.41, 5.74) is 5.29. The van der Waals surface area contributed by atoms with Gasteiger partial charge in [-0.25, -0.2) is 4.89 Å². The van der Waals surface area contributed by atoms with Gasteiger partial charge in [0.05, 0.1) is 5.56 Å². The van der Waals surface area contributed by atoms with Crippen LogP contribution in [0.1, 0.15) is 15.9 Å². The summed E-state index contributed by atoms with van der Waals surface area (Å²) in [5, 5.41) is 26.3. The van der Waals surface area contributed by atoms with E-state index < -0.39 is 11.8 Å². The summed E-state index contributed by atoms with van der Waals surface area (Å²) in [6, 6.07) is 4.25. The van der Waals surface area contributed by atoms with Crippen LogP contribution in [-0.2, 0) is 10.8 Å². The molecule has 1 aromatic carbocycles. The minimum Gasteiger partial charge on any atom is -0.803 e. The van der Waals surface area contributed by atoms with Crippen LogP contribution in [0, 0.1) is 0 Å². The summed E-state index contributed by atoms with van der Waals surface area (Å²) in [7, 11) is 0. The van der Waals surface area contributed by atoms with Crippen molar-refractivity contribution in [2.45, 2.75) is 5.91 Å². The minimum absolute atomic E-state index is 0.0172. The van der Waals surface area contributed by atoms with Gasteiger partial charge in [-0.2, -0.15) is 5.11 Å². The molecule has 1 amide bonds. The fourth-order valence-corrected chi connectivity index (χ4v) is 1.38. The second-order valence-electron chi connectivity index (χ2n) is 2.95. The monoisotopic (exact) mass is 208 g/mol. The number of carbonyl (C=O) groups is 1. The highest BCUT2D eigenvalue weighted by Gasteiger charge is 2.32. The molecule has 7 heteroatoms. The number of nitrogen functional groups attached to an aromatic ring is 1. The molecule has 1 heterocycles. The Balaban J connectivity index is 2.73. The molecule has 1 atom stereocenters. The van der Waals surface area contributed by atoms with Crippen LogP contribution in [0.25, 0.3) is 0 Å². The molecular weight excluding hydrogens is 202 g/mol. The molecule has 0 bridgehead atoms. The zero-order valence-electron chi connectivity index (χ0n) is 7.38. The molecule has 0 aliphatic carbocycles. The van der Waals surface area contributed by atoms with Crippen LogP contribution in [0.3, 0.4) is 0 Å². The van der Waals surface area contributed by atoms with Gasteiger partial charge in [-0.3, -0.25) is 10.1 Å². The van der Waals surface area contributed by atoms with Crippen molar-refractivity contribution in [3.63, 3.8) is 0 Å². The SMILES string of the molecule is Nc1cccc2c1C([O-])(OO)N=NC2=O. The zero-order chi connectivity index (χ0) is 11.1. The smallest absolute Gasteiger partial charge is 0.295 e. The Hall–Kier alpha value is -1.83. The lowest BCUT2D eigenvalue weighted by molar-refractivity contribution is -0.623. The van der Waals surface area contributed by atoms with Crippen molar-refractivity contribution < 1.29 is 20.0 Å². The van der Waals surface area contributed by atoms with Crippen molar-refractivity contribution in [2.75, 3.05) is 5.73 Å². The Kier molecular flexibility index (Phi) is 2.00. The number of nitrogens with two attached hydrogens (primary N) is 1. The van der Waals surface area contributed by atoms with Gasteiger partial charge in [0, 0.05) is 11.3 Å². The molecule has 1 aliphatic heterocycles. The predicted molar refractivity (Wildman–Crippen MR) is 45.4 cm³/mol. The maximum atomic E-state index is 11.7. The molecule has 0 fully saturated rings. The van der Waals surface area contributed by atoms with E-state index >= 15 is 0 Å². The van der Waals surface area contributed by atoms with Crippen molar-refractivity contribution in [1.29, 1.82) is 0 Å². The molecular formula is C8H6N3O4-. The molecule has 0 aromatic heterocycles. The average molecular weight is 208 g/mol. The maximum absolute atomic E-state index is 11.7. The number of hydrogen-bond acceptors (Lipinski definition) is 6. The average Bonchev–Trinajstić information content (AvgIpc) is 2.24. The fraction of sp³-hybridized carbons (Fsp3) is 0.125. The molecule has 1 aliphatic rings. The van der Waals surface area contributed by atoms with Crippen molar-refractivity contribution in [3.8, 4) is 0 Å². The topological polar surface area (TPSA) is 120 Å². The summed E-state index contributed by atoms with van der Waals surface area (Å²) < 4.78 is 0. The first kappa shape index (κ1) is 9.71. The van der Waals surface area contributed by atoms with Crippen LogP contribution in [0.2, 0.25) is 0 Å². The van der Waals surface area contributed by atoms with Crippen molar-refractivity contribution >= 4 is 11.6 Å². The summed E-state index contributed by atoms with van der Waals surface area (Å²) >= 11 is 0. The van der Waals surface area contributed by atoms with Crippen LogP contribution in [-0.4, -0.2) is 11.2 Å². The van der Waals surface area contributed by atoms with E-state index in [1.165, 1.54) is 18.2 Å². The number of azo groups is 1. The van der Waals surface area contributed by atoms with Gasteiger partial charge in [0.25, 0.3) is 5.91 Å². The third-order valence-corrected chi connectivity index (χ3v) is 2.04. The van der Waals surface area contributed by atoms with Crippen molar-refractivity contribution in [3.05, 3.63) is 29.3 Å². The number of rotatable bonds is 1. The first-order valence-electron chi connectivity index (χ1n) is 3.97. The zero-order valence-corrected chi connectivity index (χ0v) is 7.38. The lowest BCUT2D eigenvalue weighted by atomic mass is 10.0. The Morgan fingerprint density at radius 1 is 1.53 bits per heavy atom. The number of hydrogen-bond donors (Lipinski definition) is 2. The minimum atomic E-state index is -2.66. The molecule has 15 heavy (non-hydrogen) atoms. The summed E-state index contributed by atoms with van der Waals surface area (Å²) in [6.45, 7) is 0. The van der Waals surface area contributed by atoms with Crippen LogP contribution in [0.4, 0.5) is 5.69 Å². The highest BCUT2D eigenvalue weighted by Crippen LogP contribution is 2.33. The van der Waals surface area contributed by atoms with E-state index in [4.69, 9.17) is 11.0 Å². The van der Waals surface area contributed by atoms with Crippen LogP contribution in [0.5, 0.6) is 0 Å². The molecule has 2 rings (SSSR count). The van der Waals surface area contributed by atoms with Gasteiger partial charge in [0.1, 0.15) is 0 Å². The number of nitrogens with zero attached hydrogens (tertiary/aromatic N) is 2. The number of amides is 1. The highest BCUT2D eigenvalue weighted by molar-refractivity contribution is 5.98. The Labute approximate surface area is 83.7 Å². The third-order valence-electron chi connectivity index (χ3n) is 2.04. The van der Waals surface area contributed by atoms with Crippen molar-refractivity contribution in [1.82, 2.24) is 0 Å². The van der Waals surface area contributed by atoms with Gasteiger partial charge >= 0.3 is 0 Å². The summed E-state index contributed by atoms with van der Waals surface area (Å²) in [5.74, 6) is -3.35. The lowest BCUT2D eigenvalue weighted by Gasteiger charge is -2.34. The van der Waals surface area contributed by atoms with Crippen LogP contribution in [0.15, 0.2) is 28.4 Å². The second-order valence-corrected chi connectivity index (χ2v) is 2.95. The van der Waals surface area contributed by atoms with E-state index in [0.717, 1.165) is 0 Å². The normalized spacial score (nSPS) is 24.0. The maximum Gasteiger partial charge on any atom is 0.295 e. The number of anilines is 1.